The maximum atomic E-state index is 2.32. The highest BCUT2D eigenvalue weighted by atomic mass is 15.1. The average Bonchev–Trinajstić information content (AvgIpc) is 1.64. The minimum atomic E-state index is 1.21. The van der Waals surface area contributed by atoms with Gasteiger partial charge in [0.2, 0.25) is 0 Å². The fraction of sp³-hybridized carbons (Fsp3) is 0.133. The van der Waals surface area contributed by atoms with Gasteiger partial charge in [-0.2, -0.15) is 0 Å². The van der Waals surface area contributed by atoms with Gasteiger partial charge >= 0.3 is 0 Å². The van der Waals surface area contributed by atoms with Gasteiger partial charge in [-0.25, -0.2) is 0 Å². The molecule has 4 heterocycles. The number of hydrogen-bond donors (Lipinski definition) is 0. The van der Waals surface area contributed by atoms with E-state index in [1.54, 1.807) is 0 Å². The van der Waals surface area contributed by atoms with Crippen molar-refractivity contribution in [2.45, 2.75) is 67.2 Å². The Bertz CT molecular complexity index is 4480. The highest BCUT2D eigenvalue weighted by molar-refractivity contribution is 6.11. The van der Waals surface area contributed by atoms with Crippen LogP contribution in [0.1, 0.15) is 67.2 Å². The van der Waals surface area contributed by atoms with Gasteiger partial charge in [0, 0.05) is 96.7 Å². The summed E-state index contributed by atoms with van der Waals surface area (Å²) in [6.45, 7) is 12.7. The highest BCUT2D eigenvalue weighted by Crippen LogP contribution is 2.35. The summed E-state index contributed by atoms with van der Waals surface area (Å²) in [6.07, 6.45) is 5.28. The Labute approximate surface area is 562 Å². The number of rotatable bonds is 7. The SMILES string of the molecule is CC.CCCC.CCCC.CN(c1ccccc1)c1ccccc1.Cn1c2ccccc2c2ccccc21.c1ccc(-n2c3ccccc3c3ccccc32)cc1.c1ccc(-n2c3ccccc3c3ccccc32)cc1.c1ccc(-n2c3ccccc3c3ccccc32)cc1. The van der Waals surface area contributed by atoms with Crippen molar-refractivity contribution in [3.05, 3.63) is 346 Å². The summed E-state index contributed by atoms with van der Waals surface area (Å²) in [4.78, 5) is 2.17. The van der Waals surface area contributed by atoms with E-state index in [1.165, 1.54) is 141 Å². The van der Waals surface area contributed by atoms with Gasteiger partial charge < -0.3 is 23.2 Å². The zero-order valence-corrected chi connectivity index (χ0v) is 56.5. The molecule has 4 aromatic heterocycles. The fourth-order valence-electron chi connectivity index (χ4n) is 11.9. The van der Waals surface area contributed by atoms with Gasteiger partial charge in [0.25, 0.3) is 0 Å². The molecule has 5 heteroatoms. The second kappa shape index (κ2) is 34.0. The topological polar surface area (TPSA) is 23.0 Å². The number of anilines is 2. The molecule has 0 amide bonds. The fourth-order valence-corrected chi connectivity index (χ4v) is 11.9. The van der Waals surface area contributed by atoms with Crippen molar-refractivity contribution in [3.63, 3.8) is 0 Å². The van der Waals surface area contributed by atoms with Gasteiger partial charge in [-0.3, -0.25) is 0 Å². The standard InChI is InChI=1S/3C18H13N.C13H11N.C13H13N.2C4H10.C2H6/c3*1-2-8-14(9-3-1)19-17-12-6-4-10-15(17)16-11-5-7-13-18(16)19;1-14-12-8-4-2-6-10(12)11-7-3-5-9-13(11)14;1-14(12-8-4-2-5-9-12)13-10-6-3-7-11-13;2*1-3-4-2;1-2/h3*1-13H;2-9H,1H3;2-11H,1H3;2*3-4H2,1-2H3;1-2H3. The van der Waals surface area contributed by atoms with Crippen molar-refractivity contribution in [1.82, 2.24) is 18.3 Å². The average molecular weight is 1240 g/mol. The predicted octanol–water partition coefficient (Wildman–Crippen LogP) is 25.8. The Morgan fingerprint density at radius 1 is 0.211 bits per heavy atom. The second-order valence-corrected chi connectivity index (χ2v) is 22.9. The number of aryl methyl sites for hydroxylation is 1. The number of unbranched alkanes of at least 4 members (excludes halogenated alkanes) is 2. The van der Waals surface area contributed by atoms with E-state index in [0.29, 0.717) is 0 Å². The van der Waals surface area contributed by atoms with E-state index < -0.39 is 0 Å². The molecule has 13 aromatic carbocycles. The number of nitrogens with zero attached hydrogens (tertiary/aromatic N) is 5. The first-order valence-electron chi connectivity index (χ1n) is 33.8. The molecule has 0 saturated heterocycles. The molecule has 0 fully saturated rings. The van der Waals surface area contributed by atoms with Gasteiger partial charge in [-0.1, -0.05) is 304 Å². The first kappa shape index (κ1) is 66.8. The molecule has 0 atom stereocenters. The summed E-state index contributed by atoms with van der Waals surface area (Å²) in [5.41, 5.74) is 16.2. The molecule has 0 unspecified atom stereocenters. The summed E-state index contributed by atoms with van der Waals surface area (Å²) in [5, 5.41) is 10.5. The smallest absolute Gasteiger partial charge is 0.0541 e. The number of para-hydroxylation sites is 13. The Hall–Kier alpha value is -11.1. The van der Waals surface area contributed by atoms with Crippen LogP contribution in [0.3, 0.4) is 0 Å². The molecular formula is C90H89N5. The van der Waals surface area contributed by atoms with Crippen LogP contribution in [0.15, 0.2) is 346 Å². The Morgan fingerprint density at radius 2 is 0.368 bits per heavy atom. The van der Waals surface area contributed by atoms with Gasteiger partial charge in [0.05, 0.1) is 33.1 Å². The first-order valence-corrected chi connectivity index (χ1v) is 33.8. The summed E-state index contributed by atoms with van der Waals surface area (Å²) < 4.78 is 9.21. The molecule has 17 aromatic rings. The zero-order valence-electron chi connectivity index (χ0n) is 56.5. The lowest BCUT2D eigenvalue weighted by molar-refractivity contribution is 0.886. The first-order chi connectivity index (χ1) is 46.9. The summed E-state index contributed by atoms with van der Waals surface area (Å²) in [5.74, 6) is 0. The minimum Gasteiger partial charge on any atom is -0.345 e. The largest absolute Gasteiger partial charge is 0.345 e. The van der Waals surface area contributed by atoms with Crippen LogP contribution in [0.4, 0.5) is 11.4 Å². The van der Waals surface area contributed by atoms with Crippen LogP contribution in [0, 0.1) is 0 Å². The van der Waals surface area contributed by atoms with Gasteiger partial charge in [-0.15, -0.1) is 0 Å². The molecule has 0 spiro atoms. The van der Waals surface area contributed by atoms with Gasteiger partial charge in [0.15, 0.2) is 0 Å². The van der Waals surface area contributed by atoms with Gasteiger partial charge in [-0.05, 0) is 109 Å². The van der Waals surface area contributed by atoms with Crippen molar-refractivity contribution < 1.29 is 0 Å². The lowest BCUT2D eigenvalue weighted by Crippen LogP contribution is -2.08. The van der Waals surface area contributed by atoms with Crippen molar-refractivity contribution in [1.29, 1.82) is 0 Å². The molecule has 0 aliphatic rings. The molecular weight excluding hydrogens is 1150 g/mol. The van der Waals surface area contributed by atoms with E-state index in [1.807, 2.05) is 26.0 Å². The second-order valence-electron chi connectivity index (χ2n) is 22.9. The maximum Gasteiger partial charge on any atom is 0.0541 e. The Kier molecular flexibility index (Phi) is 23.9. The third kappa shape index (κ3) is 15.5. The van der Waals surface area contributed by atoms with Crippen LogP contribution >= 0.6 is 0 Å². The molecule has 0 N–H and O–H groups in total. The quantitative estimate of drug-likeness (QED) is 0.156. The third-order valence-corrected chi connectivity index (χ3v) is 16.9. The molecule has 0 radical (unpaired) electrons. The van der Waals surface area contributed by atoms with E-state index in [2.05, 4.69) is 399 Å². The van der Waals surface area contributed by atoms with E-state index in [9.17, 15) is 0 Å². The predicted molar refractivity (Wildman–Crippen MR) is 416 cm³/mol. The van der Waals surface area contributed by atoms with E-state index in [0.717, 1.165) is 0 Å². The van der Waals surface area contributed by atoms with E-state index in [-0.39, 0.29) is 0 Å². The lowest BCUT2D eigenvalue weighted by atomic mass is 10.2. The van der Waals surface area contributed by atoms with Crippen molar-refractivity contribution in [3.8, 4) is 17.1 Å². The molecule has 17 rings (SSSR count). The number of fused-ring (bicyclic) bond motifs is 12. The normalized spacial score (nSPS) is 10.5. The van der Waals surface area contributed by atoms with E-state index >= 15 is 0 Å². The van der Waals surface area contributed by atoms with Crippen molar-refractivity contribution in [2.75, 3.05) is 11.9 Å². The van der Waals surface area contributed by atoms with Crippen LogP contribution in [0.5, 0.6) is 0 Å². The van der Waals surface area contributed by atoms with Crippen LogP contribution < -0.4 is 4.90 Å². The molecule has 5 nitrogen and oxygen atoms in total. The zero-order chi connectivity index (χ0) is 66.1. The van der Waals surface area contributed by atoms with Crippen LogP contribution in [-0.2, 0) is 7.05 Å². The van der Waals surface area contributed by atoms with Crippen molar-refractivity contribution in [2.24, 2.45) is 7.05 Å². The van der Waals surface area contributed by atoms with E-state index in [4.69, 9.17) is 0 Å². The van der Waals surface area contributed by atoms with Gasteiger partial charge in [0.1, 0.15) is 0 Å². The summed E-state index contributed by atoms with van der Waals surface area (Å²) in [6, 6.07) is 121. The Balaban J connectivity index is 0.000000126. The minimum absolute atomic E-state index is 1.21. The van der Waals surface area contributed by atoms with Crippen LogP contribution in [0.2, 0.25) is 0 Å². The third-order valence-electron chi connectivity index (χ3n) is 16.9. The lowest BCUT2D eigenvalue weighted by Gasteiger charge is -2.18. The summed E-state index contributed by atoms with van der Waals surface area (Å²) >= 11 is 0. The number of aromatic nitrogens is 4. The monoisotopic (exact) mass is 1240 g/mol. The van der Waals surface area contributed by atoms with Crippen LogP contribution in [0.25, 0.3) is 104 Å². The molecule has 0 bridgehead atoms. The molecule has 95 heavy (non-hydrogen) atoms. The number of hydrogen-bond acceptors (Lipinski definition) is 1. The van der Waals surface area contributed by atoms with Crippen LogP contribution in [-0.4, -0.2) is 25.3 Å². The van der Waals surface area contributed by atoms with Crippen molar-refractivity contribution >= 4 is 98.6 Å². The Morgan fingerprint density at radius 3 is 0.568 bits per heavy atom. The molecule has 474 valence electrons. The highest BCUT2D eigenvalue weighted by Gasteiger charge is 2.14. The molecule has 0 saturated carbocycles. The number of benzene rings is 13. The summed E-state index contributed by atoms with van der Waals surface area (Å²) in [7, 11) is 4.19. The molecule has 0 aliphatic carbocycles. The maximum absolute atomic E-state index is 2.32. The molecule has 0 aliphatic heterocycles.